The first-order chi connectivity index (χ1) is 6.20. The maximum Gasteiger partial charge on any atom is 0.0342 e. The smallest absolute Gasteiger partial charge is 0.0342 e. The van der Waals surface area contributed by atoms with Crippen molar-refractivity contribution in [1.82, 2.24) is 4.98 Å². The van der Waals surface area contributed by atoms with Gasteiger partial charge in [0.05, 0.1) is 0 Å². The van der Waals surface area contributed by atoms with Gasteiger partial charge in [0.1, 0.15) is 0 Å². The molecule has 0 saturated heterocycles. The Morgan fingerprint density at radius 3 is 2.85 bits per heavy atom. The molecule has 1 heterocycles. The van der Waals surface area contributed by atoms with E-state index in [1.807, 2.05) is 12.3 Å². The van der Waals surface area contributed by atoms with E-state index in [4.69, 9.17) is 0 Å². The number of aromatic nitrogens is 1. The lowest BCUT2D eigenvalue weighted by molar-refractivity contribution is 0.664. The maximum absolute atomic E-state index is 4.09. The zero-order chi connectivity index (χ0) is 9.68. The molecule has 0 aliphatic heterocycles. The minimum Gasteiger partial charge on any atom is -0.264 e. The van der Waals surface area contributed by atoms with Crippen molar-refractivity contribution in [3.8, 4) is 0 Å². The normalized spacial score (nSPS) is 12.2. The first-order valence-electron chi connectivity index (χ1n) is 4.77. The number of hydrogen-bond donors (Lipinski definition) is 0. The van der Waals surface area contributed by atoms with E-state index in [2.05, 4.69) is 37.9 Å². The molecule has 0 bridgehead atoms. The Bertz CT molecular complexity index is 272. The van der Waals surface area contributed by atoms with Gasteiger partial charge in [-0.25, -0.2) is 0 Å². The fraction of sp³-hybridized carbons (Fsp3) is 0.417. The lowest BCUT2D eigenvalue weighted by Crippen LogP contribution is -1.85. The lowest BCUT2D eigenvalue weighted by atomic mass is 10.0. The van der Waals surface area contributed by atoms with Gasteiger partial charge in [-0.1, -0.05) is 26.0 Å². The van der Waals surface area contributed by atoms with Gasteiger partial charge in [-0.3, -0.25) is 4.98 Å². The zero-order valence-corrected chi connectivity index (χ0v) is 8.62. The van der Waals surface area contributed by atoms with Crippen LogP contribution >= 0.6 is 0 Å². The van der Waals surface area contributed by atoms with E-state index in [0.717, 1.165) is 12.3 Å². The average Bonchev–Trinajstić information content (AvgIpc) is 2.15. The van der Waals surface area contributed by atoms with Gasteiger partial charge in [0.15, 0.2) is 0 Å². The van der Waals surface area contributed by atoms with Gasteiger partial charge in [-0.15, -0.1) is 0 Å². The number of hydrogen-bond acceptors (Lipinski definition) is 1. The highest BCUT2D eigenvalue weighted by atomic mass is 14.6. The predicted molar refractivity (Wildman–Crippen MR) is 57.3 cm³/mol. The molecular weight excluding hydrogens is 158 g/mol. The van der Waals surface area contributed by atoms with Gasteiger partial charge < -0.3 is 0 Å². The van der Waals surface area contributed by atoms with E-state index in [-0.39, 0.29) is 0 Å². The molecule has 1 nitrogen and oxygen atoms in total. The Kier molecular flexibility index (Phi) is 3.69. The molecule has 1 rings (SSSR count). The largest absolute Gasteiger partial charge is 0.264 e. The van der Waals surface area contributed by atoms with E-state index >= 15 is 0 Å². The Hall–Kier alpha value is -1.11. The molecule has 0 atom stereocenters. The molecule has 0 amide bonds. The maximum atomic E-state index is 4.09. The van der Waals surface area contributed by atoms with Crippen LogP contribution in [0, 0.1) is 5.92 Å². The first-order valence-corrected chi connectivity index (χ1v) is 4.77. The van der Waals surface area contributed by atoms with Crippen molar-refractivity contribution in [2.24, 2.45) is 5.92 Å². The van der Waals surface area contributed by atoms with Crippen molar-refractivity contribution in [2.75, 3.05) is 0 Å². The molecule has 0 saturated carbocycles. The topological polar surface area (TPSA) is 12.9 Å². The van der Waals surface area contributed by atoms with Gasteiger partial charge >= 0.3 is 0 Å². The summed E-state index contributed by atoms with van der Waals surface area (Å²) in [4.78, 5) is 4.09. The van der Waals surface area contributed by atoms with Crippen LogP contribution < -0.4 is 0 Å². The highest BCUT2D eigenvalue weighted by Crippen LogP contribution is 2.14. The van der Waals surface area contributed by atoms with Crippen LogP contribution in [0.5, 0.6) is 0 Å². The number of pyridine rings is 1. The molecule has 0 radical (unpaired) electrons. The third kappa shape index (κ3) is 3.41. The number of allylic oxidation sites excluding steroid dienone is 2. The van der Waals surface area contributed by atoms with Gasteiger partial charge in [-0.2, -0.15) is 0 Å². The SMILES string of the molecule is C/C(=C/CC(C)C)c1cccnc1. The molecule has 0 spiro atoms. The summed E-state index contributed by atoms with van der Waals surface area (Å²) in [5.74, 6) is 0.728. The molecule has 0 aliphatic carbocycles. The van der Waals surface area contributed by atoms with E-state index in [1.54, 1.807) is 6.20 Å². The van der Waals surface area contributed by atoms with Gasteiger partial charge in [0.2, 0.25) is 0 Å². The molecule has 13 heavy (non-hydrogen) atoms. The van der Waals surface area contributed by atoms with Crippen molar-refractivity contribution in [2.45, 2.75) is 27.2 Å². The highest BCUT2D eigenvalue weighted by molar-refractivity contribution is 5.62. The van der Waals surface area contributed by atoms with Crippen LogP contribution in [0.4, 0.5) is 0 Å². The van der Waals surface area contributed by atoms with Crippen LogP contribution in [-0.4, -0.2) is 4.98 Å². The van der Waals surface area contributed by atoms with Crippen molar-refractivity contribution in [3.63, 3.8) is 0 Å². The Balaban J connectivity index is 2.68. The molecule has 1 aromatic heterocycles. The summed E-state index contributed by atoms with van der Waals surface area (Å²) < 4.78 is 0. The third-order valence-corrected chi connectivity index (χ3v) is 2.01. The van der Waals surface area contributed by atoms with Gasteiger partial charge in [0.25, 0.3) is 0 Å². The van der Waals surface area contributed by atoms with Gasteiger partial charge in [-0.05, 0) is 36.5 Å². The number of nitrogens with zero attached hydrogens (tertiary/aromatic N) is 1. The molecule has 0 N–H and O–H groups in total. The van der Waals surface area contributed by atoms with E-state index in [1.165, 1.54) is 11.1 Å². The van der Waals surface area contributed by atoms with Crippen molar-refractivity contribution in [1.29, 1.82) is 0 Å². The lowest BCUT2D eigenvalue weighted by Gasteiger charge is -2.02. The minimum atomic E-state index is 0.728. The van der Waals surface area contributed by atoms with Crippen LogP contribution in [0.1, 0.15) is 32.8 Å². The predicted octanol–water partition coefficient (Wildman–Crippen LogP) is 3.53. The van der Waals surface area contributed by atoms with Crippen molar-refractivity contribution < 1.29 is 0 Å². The van der Waals surface area contributed by atoms with Crippen molar-refractivity contribution in [3.05, 3.63) is 36.2 Å². The van der Waals surface area contributed by atoms with E-state index < -0.39 is 0 Å². The molecular formula is C12H17N. The Morgan fingerprint density at radius 2 is 2.31 bits per heavy atom. The van der Waals surface area contributed by atoms with Crippen LogP contribution in [0.25, 0.3) is 5.57 Å². The summed E-state index contributed by atoms with van der Waals surface area (Å²) >= 11 is 0. The van der Waals surface area contributed by atoms with Crippen LogP contribution in [0.3, 0.4) is 0 Å². The molecule has 1 aromatic rings. The third-order valence-electron chi connectivity index (χ3n) is 2.01. The van der Waals surface area contributed by atoms with Crippen LogP contribution in [0.15, 0.2) is 30.6 Å². The molecule has 0 aromatic carbocycles. The molecule has 0 fully saturated rings. The summed E-state index contributed by atoms with van der Waals surface area (Å²) in [5.41, 5.74) is 2.55. The Labute approximate surface area is 80.5 Å². The monoisotopic (exact) mass is 175 g/mol. The first kappa shape index (κ1) is 9.97. The fourth-order valence-electron chi connectivity index (χ4n) is 1.13. The highest BCUT2D eigenvalue weighted by Gasteiger charge is 1.95. The van der Waals surface area contributed by atoms with Crippen molar-refractivity contribution >= 4 is 5.57 Å². The molecule has 70 valence electrons. The summed E-state index contributed by atoms with van der Waals surface area (Å²) in [7, 11) is 0. The quantitative estimate of drug-likeness (QED) is 0.684. The summed E-state index contributed by atoms with van der Waals surface area (Å²) in [6.45, 7) is 6.60. The summed E-state index contributed by atoms with van der Waals surface area (Å²) in [5, 5.41) is 0. The number of rotatable bonds is 3. The zero-order valence-electron chi connectivity index (χ0n) is 8.62. The standard InChI is InChI=1S/C12H17N/c1-10(2)6-7-11(3)12-5-4-8-13-9-12/h4-5,7-10H,6H2,1-3H3/b11-7-. The van der Waals surface area contributed by atoms with Gasteiger partial charge in [0, 0.05) is 12.4 Å². The molecule has 0 aliphatic rings. The summed E-state index contributed by atoms with van der Waals surface area (Å²) in [6, 6.07) is 4.07. The summed E-state index contributed by atoms with van der Waals surface area (Å²) in [6.07, 6.45) is 7.13. The van der Waals surface area contributed by atoms with Crippen LogP contribution in [0.2, 0.25) is 0 Å². The molecule has 1 heteroatoms. The van der Waals surface area contributed by atoms with E-state index in [9.17, 15) is 0 Å². The second-order valence-corrected chi connectivity index (χ2v) is 3.76. The fourth-order valence-corrected chi connectivity index (χ4v) is 1.13. The van der Waals surface area contributed by atoms with E-state index in [0.29, 0.717) is 0 Å². The second kappa shape index (κ2) is 4.80. The second-order valence-electron chi connectivity index (χ2n) is 3.76. The van der Waals surface area contributed by atoms with Crippen LogP contribution in [-0.2, 0) is 0 Å². The molecule has 0 unspecified atom stereocenters. The Morgan fingerprint density at radius 1 is 1.54 bits per heavy atom. The average molecular weight is 175 g/mol. The minimum absolute atomic E-state index is 0.728.